The van der Waals surface area contributed by atoms with Crippen molar-refractivity contribution in [2.24, 2.45) is 5.92 Å². The van der Waals surface area contributed by atoms with Crippen molar-refractivity contribution in [1.29, 1.82) is 0 Å². The quantitative estimate of drug-likeness (QED) is 0.864. The Balaban J connectivity index is 2.33. The van der Waals surface area contributed by atoms with Crippen LogP contribution in [0, 0.1) is 5.92 Å². The zero-order valence-corrected chi connectivity index (χ0v) is 12.4. The van der Waals surface area contributed by atoms with Crippen molar-refractivity contribution >= 4 is 29.0 Å². The molecule has 0 unspecified atom stereocenters. The molecular weight excluding hydrogens is 285 g/mol. The lowest BCUT2D eigenvalue weighted by Gasteiger charge is -2.22. The molecule has 104 valence electrons. The van der Waals surface area contributed by atoms with E-state index < -0.39 is 0 Å². The number of halogens is 2. The van der Waals surface area contributed by atoms with Crippen molar-refractivity contribution in [3.05, 3.63) is 27.7 Å². The van der Waals surface area contributed by atoms with E-state index in [0.717, 1.165) is 25.9 Å². The number of benzene rings is 1. The molecule has 0 aliphatic carbocycles. The second-order valence-corrected chi connectivity index (χ2v) is 5.43. The van der Waals surface area contributed by atoms with Gasteiger partial charge in [-0.1, -0.05) is 23.2 Å². The van der Waals surface area contributed by atoms with Crippen LogP contribution in [0.4, 0.5) is 0 Å². The van der Waals surface area contributed by atoms with Crippen LogP contribution in [0.3, 0.4) is 0 Å². The Labute approximate surface area is 123 Å². The summed E-state index contributed by atoms with van der Waals surface area (Å²) < 4.78 is 5.51. The summed E-state index contributed by atoms with van der Waals surface area (Å²) >= 11 is 12.1. The lowest BCUT2D eigenvalue weighted by molar-refractivity contribution is 0.0891. The third kappa shape index (κ3) is 3.41. The van der Waals surface area contributed by atoms with Crippen molar-refractivity contribution in [2.75, 3.05) is 19.7 Å². The van der Waals surface area contributed by atoms with Gasteiger partial charge in [0.1, 0.15) is 5.75 Å². The second-order valence-electron chi connectivity index (χ2n) is 4.59. The number of Topliss-reactive ketones (excluding diaryl/α,β-unsaturated/α-hetero) is 1. The summed E-state index contributed by atoms with van der Waals surface area (Å²) in [5.41, 5.74) is 0.506. The lowest BCUT2D eigenvalue weighted by Crippen LogP contribution is -2.32. The normalized spacial score (nSPS) is 16.4. The van der Waals surface area contributed by atoms with E-state index in [-0.39, 0.29) is 11.7 Å². The van der Waals surface area contributed by atoms with Crippen LogP contribution in [0.25, 0.3) is 0 Å². The van der Waals surface area contributed by atoms with E-state index in [1.54, 1.807) is 12.1 Å². The van der Waals surface area contributed by atoms with Gasteiger partial charge in [-0.15, -0.1) is 0 Å². The molecule has 0 bridgehead atoms. The summed E-state index contributed by atoms with van der Waals surface area (Å²) in [6.07, 6.45) is 1.68. The molecular formula is C14H17Cl2NO2. The van der Waals surface area contributed by atoms with Gasteiger partial charge in [0.15, 0.2) is 5.78 Å². The van der Waals surface area contributed by atoms with Crippen LogP contribution in [-0.4, -0.2) is 25.5 Å². The fourth-order valence-corrected chi connectivity index (χ4v) is 2.89. The Kier molecular flexibility index (Phi) is 5.08. The summed E-state index contributed by atoms with van der Waals surface area (Å²) in [7, 11) is 0. The molecule has 0 spiro atoms. The summed E-state index contributed by atoms with van der Waals surface area (Å²) in [5.74, 6) is 0.557. The van der Waals surface area contributed by atoms with Crippen molar-refractivity contribution in [3.8, 4) is 5.75 Å². The molecule has 1 aliphatic rings. The van der Waals surface area contributed by atoms with Gasteiger partial charge in [0.05, 0.1) is 17.2 Å². The van der Waals surface area contributed by atoms with Gasteiger partial charge in [0.2, 0.25) is 0 Å². The largest absolute Gasteiger partial charge is 0.492 e. The number of carbonyl (C=O) groups excluding carboxylic acids is 1. The Morgan fingerprint density at radius 3 is 2.68 bits per heavy atom. The first kappa shape index (κ1) is 14.6. The summed E-state index contributed by atoms with van der Waals surface area (Å²) in [5, 5.41) is 4.11. The van der Waals surface area contributed by atoms with Gasteiger partial charge in [0, 0.05) is 10.9 Å². The van der Waals surface area contributed by atoms with Crippen LogP contribution in [0.15, 0.2) is 12.1 Å². The van der Waals surface area contributed by atoms with E-state index in [1.807, 2.05) is 6.92 Å². The molecule has 1 aromatic carbocycles. The average Bonchev–Trinajstić information content (AvgIpc) is 2.42. The maximum absolute atomic E-state index is 12.6. The lowest BCUT2D eigenvalue weighted by atomic mass is 9.89. The van der Waals surface area contributed by atoms with Gasteiger partial charge in [-0.25, -0.2) is 0 Å². The maximum atomic E-state index is 12.6. The summed E-state index contributed by atoms with van der Waals surface area (Å²) in [4.78, 5) is 12.6. The minimum atomic E-state index is 0.0231. The van der Waals surface area contributed by atoms with Gasteiger partial charge in [-0.2, -0.15) is 0 Å². The number of piperidine rings is 1. The number of hydrogen-bond acceptors (Lipinski definition) is 3. The van der Waals surface area contributed by atoms with Crippen LogP contribution < -0.4 is 10.1 Å². The van der Waals surface area contributed by atoms with Gasteiger partial charge in [-0.3, -0.25) is 4.79 Å². The zero-order chi connectivity index (χ0) is 13.8. The number of hydrogen-bond donors (Lipinski definition) is 1. The first-order valence-corrected chi connectivity index (χ1v) is 7.25. The van der Waals surface area contributed by atoms with Crippen molar-refractivity contribution < 1.29 is 9.53 Å². The van der Waals surface area contributed by atoms with E-state index in [1.165, 1.54) is 0 Å². The van der Waals surface area contributed by atoms with Crippen LogP contribution in [0.5, 0.6) is 5.75 Å². The van der Waals surface area contributed by atoms with E-state index in [4.69, 9.17) is 27.9 Å². The zero-order valence-electron chi connectivity index (χ0n) is 10.8. The fourth-order valence-electron chi connectivity index (χ4n) is 2.34. The molecule has 5 heteroatoms. The smallest absolute Gasteiger partial charge is 0.169 e. The van der Waals surface area contributed by atoms with Gasteiger partial charge in [-0.05, 0) is 45.0 Å². The Morgan fingerprint density at radius 2 is 2.05 bits per heavy atom. The molecule has 0 saturated carbocycles. The number of ketones is 1. The second kappa shape index (κ2) is 6.60. The topological polar surface area (TPSA) is 38.3 Å². The van der Waals surface area contributed by atoms with Crippen LogP contribution in [-0.2, 0) is 0 Å². The molecule has 1 N–H and O–H groups in total. The predicted octanol–water partition coefficient (Wildman–Crippen LogP) is 3.57. The molecule has 1 aliphatic heterocycles. The molecule has 0 atom stereocenters. The highest BCUT2D eigenvalue weighted by atomic mass is 35.5. The minimum Gasteiger partial charge on any atom is -0.492 e. The molecule has 0 aromatic heterocycles. The minimum absolute atomic E-state index is 0.0231. The molecule has 19 heavy (non-hydrogen) atoms. The fraction of sp³-hybridized carbons (Fsp3) is 0.500. The number of carbonyl (C=O) groups is 1. The first-order valence-electron chi connectivity index (χ1n) is 6.50. The van der Waals surface area contributed by atoms with Crippen LogP contribution >= 0.6 is 23.2 Å². The molecule has 3 nitrogen and oxygen atoms in total. The molecule has 1 aromatic rings. The third-order valence-corrected chi connectivity index (χ3v) is 3.77. The molecule has 2 rings (SSSR count). The Hall–Kier alpha value is -0.770. The van der Waals surface area contributed by atoms with Gasteiger partial charge < -0.3 is 10.1 Å². The van der Waals surface area contributed by atoms with Crippen molar-refractivity contribution in [1.82, 2.24) is 5.32 Å². The molecule has 1 heterocycles. The number of nitrogens with one attached hydrogen (secondary N) is 1. The van der Waals surface area contributed by atoms with Crippen LogP contribution in [0.2, 0.25) is 10.0 Å². The SMILES string of the molecule is CCOc1c(Cl)cc(Cl)cc1C(=O)C1CCNCC1. The van der Waals surface area contributed by atoms with Gasteiger partial charge >= 0.3 is 0 Å². The molecule has 0 amide bonds. The van der Waals surface area contributed by atoms with Crippen LogP contribution in [0.1, 0.15) is 30.1 Å². The standard InChI is InChI=1S/C14H17Cl2NO2/c1-2-19-14-11(7-10(15)8-12(14)16)13(18)9-3-5-17-6-4-9/h7-9,17H,2-6H2,1H3. The highest BCUT2D eigenvalue weighted by molar-refractivity contribution is 6.36. The Morgan fingerprint density at radius 1 is 1.37 bits per heavy atom. The molecule has 1 fully saturated rings. The van der Waals surface area contributed by atoms with E-state index in [9.17, 15) is 4.79 Å². The predicted molar refractivity (Wildman–Crippen MR) is 77.6 cm³/mol. The summed E-state index contributed by atoms with van der Waals surface area (Å²) in [6.45, 7) is 4.07. The van der Waals surface area contributed by atoms with Gasteiger partial charge in [0.25, 0.3) is 0 Å². The highest BCUT2D eigenvalue weighted by Gasteiger charge is 2.26. The van der Waals surface area contributed by atoms with Crippen molar-refractivity contribution in [2.45, 2.75) is 19.8 Å². The van der Waals surface area contributed by atoms with E-state index in [0.29, 0.717) is 28.0 Å². The Bertz CT molecular complexity index is 471. The molecule has 0 radical (unpaired) electrons. The monoisotopic (exact) mass is 301 g/mol. The van der Waals surface area contributed by atoms with Crippen molar-refractivity contribution in [3.63, 3.8) is 0 Å². The maximum Gasteiger partial charge on any atom is 0.169 e. The summed E-state index contributed by atoms with van der Waals surface area (Å²) in [6, 6.07) is 3.26. The third-order valence-electron chi connectivity index (χ3n) is 3.27. The number of ether oxygens (including phenoxy) is 1. The number of rotatable bonds is 4. The van der Waals surface area contributed by atoms with E-state index >= 15 is 0 Å². The average molecular weight is 302 g/mol. The van der Waals surface area contributed by atoms with E-state index in [2.05, 4.69) is 5.32 Å². The molecule has 1 saturated heterocycles. The first-order chi connectivity index (χ1) is 9.13. The highest BCUT2D eigenvalue weighted by Crippen LogP contribution is 2.35.